The quantitative estimate of drug-likeness (QED) is 0.283. The minimum Gasteiger partial charge on any atom is -0.494 e. The number of fused-ring (bicyclic) bond motifs is 1. The van der Waals surface area contributed by atoms with Gasteiger partial charge in [0.05, 0.1) is 12.9 Å². The average molecular weight is 528 g/mol. The topological polar surface area (TPSA) is 81.0 Å². The third kappa shape index (κ3) is 5.56. The Bertz CT molecular complexity index is 1440. The van der Waals surface area contributed by atoms with E-state index in [4.69, 9.17) is 14.7 Å². The van der Waals surface area contributed by atoms with Gasteiger partial charge in [-0.1, -0.05) is 27.7 Å². The maximum absolute atomic E-state index is 5.95. The van der Waals surface area contributed by atoms with Crippen LogP contribution >= 0.6 is 0 Å². The number of pyridine rings is 1. The van der Waals surface area contributed by atoms with Crippen molar-refractivity contribution in [2.24, 2.45) is 18.4 Å². The maximum Gasteiger partial charge on any atom is 0.229 e. The summed E-state index contributed by atoms with van der Waals surface area (Å²) in [4.78, 5) is 21.1. The molecule has 0 saturated carbocycles. The summed E-state index contributed by atoms with van der Waals surface area (Å²) in [5.74, 6) is 3.36. The molecule has 1 unspecified atom stereocenters. The first-order valence-corrected chi connectivity index (χ1v) is 14.0. The molecule has 4 aromatic rings. The Balaban J connectivity index is 1.46. The average Bonchev–Trinajstić information content (AvgIpc) is 3.28. The Hall–Kier alpha value is -3.68. The number of aromatic nitrogens is 5. The zero-order valence-corrected chi connectivity index (χ0v) is 24.3. The van der Waals surface area contributed by atoms with Gasteiger partial charge in [0.15, 0.2) is 11.5 Å². The molecule has 1 saturated heterocycles. The summed E-state index contributed by atoms with van der Waals surface area (Å²) in [6.45, 7) is 15.7. The van der Waals surface area contributed by atoms with Gasteiger partial charge in [-0.25, -0.2) is 4.98 Å². The van der Waals surface area contributed by atoms with Crippen LogP contribution in [0.5, 0.6) is 5.75 Å². The van der Waals surface area contributed by atoms with E-state index in [0.717, 1.165) is 60.2 Å². The molecular weight excluding hydrogens is 486 g/mol. The number of aryl methyl sites for hydroxylation is 2. The molecule has 39 heavy (non-hydrogen) atoms. The first kappa shape index (κ1) is 26.9. The van der Waals surface area contributed by atoms with E-state index in [2.05, 4.69) is 79.1 Å². The number of nitrogens with zero attached hydrogens (tertiary/aromatic N) is 6. The van der Waals surface area contributed by atoms with Crippen LogP contribution in [0.15, 0.2) is 43.0 Å². The molecule has 1 N–H and O–H groups in total. The molecular formula is C31H41N7O. The second-order valence-electron chi connectivity index (χ2n) is 11.8. The van der Waals surface area contributed by atoms with Gasteiger partial charge in [-0.3, -0.25) is 4.98 Å². The molecule has 206 valence electrons. The van der Waals surface area contributed by atoms with Crippen LogP contribution in [0.4, 0.5) is 17.5 Å². The van der Waals surface area contributed by atoms with Crippen molar-refractivity contribution in [2.45, 2.75) is 60.3 Å². The molecule has 0 radical (unpaired) electrons. The summed E-state index contributed by atoms with van der Waals surface area (Å²) in [5, 5.41) is 3.65. The minimum absolute atomic E-state index is 0.107. The number of nitrogens with one attached hydrogen (secondary N) is 1. The highest BCUT2D eigenvalue weighted by Crippen LogP contribution is 2.39. The highest BCUT2D eigenvalue weighted by Gasteiger charge is 2.37. The van der Waals surface area contributed by atoms with Gasteiger partial charge in [-0.05, 0) is 84.9 Å². The molecule has 1 atom stereocenters. The largest absolute Gasteiger partial charge is 0.494 e. The van der Waals surface area contributed by atoms with E-state index in [9.17, 15) is 0 Å². The fourth-order valence-corrected chi connectivity index (χ4v) is 5.72. The molecule has 0 amide bonds. The number of ether oxygens (including phenoxy) is 1. The van der Waals surface area contributed by atoms with Gasteiger partial charge in [0.25, 0.3) is 0 Å². The van der Waals surface area contributed by atoms with Crippen LogP contribution in [-0.4, -0.2) is 44.2 Å². The van der Waals surface area contributed by atoms with Crippen LogP contribution in [0, 0.1) is 18.3 Å². The molecule has 1 aliphatic rings. The second kappa shape index (κ2) is 10.8. The zero-order chi connectivity index (χ0) is 27.7. The molecule has 1 aliphatic heterocycles. The molecule has 1 fully saturated rings. The van der Waals surface area contributed by atoms with Crippen LogP contribution < -0.4 is 15.0 Å². The molecule has 0 aliphatic carbocycles. The van der Waals surface area contributed by atoms with Gasteiger partial charge in [0.1, 0.15) is 11.3 Å². The molecule has 8 heteroatoms. The van der Waals surface area contributed by atoms with Gasteiger partial charge < -0.3 is 19.5 Å². The molecule has 1 aromatic carbocycles. The van der Waals surface area contributed by atoms with Crippen LogP contribution in [-0.2, 0) is 13.5 Å². The van der Waals surface area contributed by atoms with Crippen molar-refractivity contribution in [2.75, 3.05) is 29.9 Å². The lowest BCUT2D eigenvalue weighted by Crippen LogP contribution is -2.47. The van der Waals surface area contributed by atoms with Crippen molar-refractivity contribution in [1.82, 2.24) is 24.5 Å². The van der Waals surface area contributed by atoms with E-state index < -0.39 is 0 Å². The normalized spacial score (nSPS) is 17.1. The van der Waals surface area contributed by atoms with Crippen molar-refractivity contribution in [1.29, 1.82) is 0 Å². The summed E-state index contributed by atoms with van der Waals surface area (Å²) >= 11 is 0. The Morgan fingerprint density at radius 1 is 1.15 bits per heavy atom. The predicted octanol–water partition coefficient (Wildman–Crippen LogP) is 6.43. The number of piperidine rings is 1. The predicted molar refractivity (Wildman–Crippen MR) is 158 cm³/mol. The van der Waals surface area contributed by atoms with Crippen LogP contribution in [0.2, 0.25) is 0 Å². The summed E-state index contributed by atoms with van der Waals surface area (Å²) in [5.41, 5.74) is 6.36. The van der Waals surface area contributed by atoms with Crippen molar-refractivity contribution in [3.8, 4) is 5.75 Å². The van der Waals surface area contributed by atoms with Gasteiger partial charge in [-0.2, -0.15) is 9.97 Å². The second-order valence-corrected chi connectivity index (χ2v) is 11.8. The van der Waals surface area contributed by atoms with E-state index >= 15 is 0 Å². The summed E-state index contributed by atoms with van der Waals surface area (Å²) < 4.78 is 7.93. The lowest BCUT2D eigenvalue weighted by Gasteiger charge is -2.44. The lowest BCUT2D eigenvalue weighted by molar-refractivity contribution is 0.173. The van der Waals surface area contributed by atoms with Gasteiger partial charge in [0.2, 0.25) is 5.95 Å². The van der Waals surface area contributed by atoms with Crippen LogP contribution in [0.25, 0.3) is 11.2 Å². The van der Waals surface area contributed by atoms with Crippen molar-refractivity contribution < 1.29 is 4.74 Å². The Labute approximate surface area is 231 Å². The minimum atomic E-state index is 0.107. The standard InChI is InChI=1S/C31H41N7O/c1-8-39-26-15-21(4)25(17-24(26)20(2)3)34-29-27-28(33-19-37(27)7)35-30(36-29)38-14-11-23(31(5,6)18-38)16-22-9-12-32-13-10-22/h9-10,12-13,15,17,19-20,23H,8,11,14,16,18H2,1-7H3,(H,34,35,36). The third-order valence-electron chi connectivity index (χ3n) is 8.06. The zero-order valence-electron chi connectivity index (χ0n) is 24.3. The smallest absolute Gasteiger partial charge is 0.229 e. The van der Waals surface area contributed by atoms with Crippen molar-refractivity contribution >= 4 is 28.6 Å². The number of imidazole rings is 1. The first-order chi connectivity index (χ1) is 18.7. The summed E-state index contributed by atoms with van der Waals surface area (Å²) in [6.07, 6.45) is 7.73. The van der Waals surface area contributed by atoms with Crippen LogP contribution in [0.3, 0.4) is 0 Å². The molecule has 0 spiro atoms. The van der Waals surface area contributed by atoms with Gasteiger partial charge >= 0.3 is 0 Å². The maximum atomic E-state index is 5.95. The molecule has 4 heterocycles. The first-order valence-electron chi connectivity index (χ1n) is 14.0. The van der Waals surface area contributed by atoms with E-state index in [1.54, 1.807) is 0 Å². The molecule has 5 rings (SSSR count). The Kier molecular flexibility index (Phi) is 7.47. The highest BCUT2D eigenvalue weighted by atomic mass is 16.5. The van der Waals surface area contributed by atoms with Gasteiger partial charge in [-0.15, -0.1) is 0 Å². The highest BCUT2D eigenvalue weighted by molar-refractivity contribution is 5.87. The number of rotatable bonds is 8. The molecule has 8 nitrogen and oxygen atoms in total. The fraction of sp³-hybridized carbons (Fsp3) is 0.484. The summed E-state index contributed by atoms with van der Waals surface area (Å²) in [7, 11) is 1.99. The molecule has 0 bridgehead atoms. The number of benzene rings is 1. The van der Waals surface area contributed by atoms with E-state index in [-0.39, 0.29) is 5.41 Å². The fourth-order valence-electron chi connectivity index (χ4n) is 5.72. The van der Waals surface area contributed by atoms with Crippen molar-refractivity contribution in [3.63, 3.8) is 0 Å². The number of hydrogen-bond donors (Lipinski definition) is 1. The third-order valence-corrected chi connectivity index (χ3v) is 8.06. The van der Waals surface area contributed by atoms with E-state index in [0.29, 0.717) is 24.1 Å². The van der Waals surface area contributed by atoms with E-state index in [1.165, 1.54) is 11.1 Å². The SMILES string of the molecule is CCOc1cc(C)c(Nc2nc(N3CCC(Cc4ccncc4)C(C)(C)C3)nc3ncn(C)c23)cc1C(C)C. The Morgan fingerprint density at radius 3 is 2.62 bits per heavy atom. The monoisotopic (exact) mass is 527 g/mol. The van der Waals surface area contributed by atoms with Crippen molar-refractivity contribution in [3.05, 3.63) is 59.7 Å². The number of anilines is 3. The number of hydrogen-bond acceptors (Lipinski definition) is 7. The van der Waals surface area contributed by atoms with Gasteiger partial charge in [0, 0.05) is 38.2 Å². The molecule has 3 aromatic heterocycles. The summed E-state index contributed by atoms with van der Waals surface area (Å²) in [6, 6.07) is 8.58. The lowest BCUT2D eigenvalue weighted by atomic mass is 9.71. The Morgan fingerprint density at radius 2 is 1.92 bits per heavy atom. The van der Waals surface area contributed by atoms with E-state index in [1.807, 2.05) is 37.3 Å². The van der Waals surface area contributed by atoms with Crippen LogP contribution in [0.1, 0.15) is 63.6 Å².